The minimum absolute atomic E-state index is 0.0898. The van der Waals surface area contributed by atoms with Crippen molar-refractivity contribution in [3.05, 3.63) is 48.2 Å². The molecule has 0 aliphatic carbocycles. The zero-order valence-electron chi connectivity index (χ0n) is 12.8. The Morgan fingerprint density at radius 1 is 1.42 bits per heavy atom. The lowest BCUT2D eigenvalue weighted by atomic mass is 9.95. The summed E-state index contributed by atoms with van der Waals surface area (Å²) >= 11 is 0. The van der Waals surface area contributed by atoms with Crippen LogP contribution in [0.1, 0.15) is 29.6 Å². The largest absolute Gasteiger partial charge is 0.508 e. The first kappa shape index (κ1) is 16.2. The van der Waals surface area contributed by atoms with Gasteiger partial charge in [-0.15, -0.1) is 0 Å². The summed E-state index contributed by atoms with van der Waals surface area (Å²) in [5.74, 6) is 0.241. The average Bonchev–Trinajstić information content (AvgIpc) is 2.96. The van der Waals surface area contributed by atoms with Gasteiger partial charge in [0.1, 0.15) is 17.3 Å². The third-order valence-electron chi connectivity index (χ3n) is 4.06. The second kappa shape index (κ2) is 5.77. The fourth-order valence-electron chi connectivity index (χ4n) is 2.93. The highest BCUT2D eigenvalue weighted by atomic mass is 19.4. The Kier molecular flexibility index (Phi) is 3.90. The summed E-state index contributed by atoms with van der Waals surface area (Å²) in [6.07, 6.45) is -3.54. The zero-order chi connectivity index (χ0) is 17.5. The number of hydrogen-bond acceptors (Lipinski definition) is 4. The number of rotatable bonds is 3. The van der Waals surface area contributed by atoms with E-state index in [2.05, 4.69) is 17.0 Å². The predicted molar refractivity (Wildman–Crippen MR) is 83.0 cm³/mol. The van der Waals surface area contributed by atoms with Crippen molar-refractivity contribution in [2.75, 3.05) is 12.4 Å². The summed E-state index contributed by atoms with van der Waals surface area (Å²) in [5, 5.41) is 16.4. The van der Waals surface area contributed by atoms with Gasteiger partial charge >= 0.3 is 6.18 Å². The van der Waals surface area contributed by atoms with Gasteiger partial charge < -0.3 is 15.2 Å². The Bertz CT molecular complexity index is 770. The summed E-state index contributed by atoms with van der Waals surface area (Å²) in [7, 11) is 1.47. The lowest BCUT2D eigenvalue weighted by molar-refractivity contribution is -0.173. The van der Waals surface area contributed by atoms with E-state index in [1.165, 1.54) is 13.3 Å². The molecule has 3 rings (SSSR count). The fourth-order valence-corrected chi connectivity index (χ4v) is 2.93. The lowest BCUT2D eigenvalue weighted by Crippen LogP contribution is -2.36. The Balaban J connectivity index is 2.09. The molecule has 2 unspecified atom stereocenters. The van der Waals surface area contributed by atoms with Crippen LogP contribution >= 0.6 is 0 Å². The van der Waals surface area contributed by atoms with Crippen molar-refractivity contribution >= 4 is 11.6 Å². The molecule has 2 N–H and O–H groups in total. The third kappa shape index (κ3) is 2.68. The fraction of sp³-hybridized carbons (Fsp3) is 0.312. The predicted octanol–water partition coefficient (Wildman–Crippen LogP) is 4.08. The van der Waals surface area contributed by atoms with Gasteiger partial charge in [-0.3, -0.25) is 0 Å². The quantitative estimate of drug-likeness (QED) is 0.827. The van der Waals surface area contributed by atoms with Gasteiger partial charge in [0.2, 0.25) is 0 Å². The molecule has 0 amide bonds. The van der Waals surface area contributed by atoms with Gasteiger partial charge in [0.15, 0.2) is 6.04 Å². The highest BCUT2D eigenvalue weighted by molar-refractivity contribution is 5.68. The molecule has 0 radical (unpaired) electrons. The van der Waals surface area contributed by atoms with Crippen LogP contribution in [0.15, 0.2) is 37.0 Å². The summed E-state index contributed by atoms with van der Waals surface area (Å²) in [4.78, 5) is 0. The normalized spacial score (nSPS) is 20.2. The maximum atomic E-state index is 13.5. The standard InChI is InChI=1S/C16H16F3N3O2/c1-9(23)11-8-20-22-14(16(17,18)19)7-12(21-15(11)22)10-5-3-4-6-13(10)24-2/h3-6,8,12,14,21,23H,1,7H2,2H3. The van der Waals surface area contributed by atoms with E-state index in [1.807, 2.05) is 0 Å². The number of aliphatic hydroxyl groups is 1. The van der Waals surface area contributed by atoms with Crippen molar-refractivity contribution in [3.8, 4) is 5.75 Å². The smallest absolute Gasteiger partial charge is 0.410 e. The van der Waals surface area contributed by atoms with Gasteiger partial charge in [-0.25, -0.2) is 4.68 Å². The van der Waals surface area contributed by atoms with E-state index in [-0.39, 0.29) is 23.6 Å². The number of methoxy groups -OCH3 is 1. The molecule has 0 spiro atoms. The molecule has 1 aromatic heterocycles. The van der Waals surface area contributed by atoms with Crippen molar-refractivity contribution in [2.45, 2.75) is 24.7 Å². The molecule has 2 heterocycles. The monoisotopic (exact) mass is 339 g/mol. The van der Waals surface area contributed by atoms with Crippen LogP contribution in [0.25, 0.3) is 5.76 Å². The first-order valence-electron chi connectivity index (χ1n) is 7.25. The molecule has 2 aromatic rings. The topological polar surface area (TPSA) is 59.3 Å². The number of hydrogen-bond donors (Lipinski definition) is 2. The molecule has 24 heavy (non-hydrogen) atoms. The van der Waals surface area contributed by atoms with Gasteiger partial charge in [0, 0.05) is 12.0 Å². The van der Waals surface area contributed by atoms with Crippen molar-refractivity contribution in [3.63, 3.8) is 0 Å². The number of nitrogens with zero attached hydrogens (tertiary/aromatic N) is 2. The van der Waals surface area contributed by atoms with E-state index in [4.69, 9.17) is 4.74 Å². The molecule has 0 fully saturated rings. The molecular weight excluding hydrogens is 323 g/mol. The molecule has 1 aliphatic heterocycles. The summed E-state index contributed by atoms with van der Waals surface area (Å²) < 4.78 is 46.6. The van der Waals surface area contributed by atoms with E-state index >= 15 is 0 Å². The Labute approximate surface area is 136 Å². The molecule has 0 saturated heterocycles. The average molecular weight is 339 g/mol. The number of anilines is 1. The number of ether oxygens (including phenoxy) is 1. The summed E-state index contributed by atoms with van der Waals surface area (Å²) in [5.41, 5.74) is 0.750. The van der Waals surface area contributed by atoms with Crippen molar-refractivity contribution < 1.29 is 23.0 Å². The highest BCUT2D eigenvalue weighted by Gasteiger charge is 2.47. The molecule has 0 saturated carbocycles. The van der Waals surface area contributed by atoms with Crippen LogP contribution in [0.3, 0.4) is 0 Å². The number of halogens is 3. The van der Waals surface area contributed by atoms with Crippen LogP contribution in [-0.4, -0.2) is 28.2 Å². The number of benzene rings is 1. The molecule has 2 atom stereocenters. The van der Waals surface area contributed by atoms with Gasteiger partial charge in [0.25, 0.3) is 0 Å². The second-order valence-corrected chi connectivity index (χ2v) is 5.53. The lowest BCUT2D eigenvalue weighted by Gasteiger charge is -2.34. The van der Waals surface area contributed by atoms with Crippen molar-refractivity contribution in [2.24, 2.45) is 0 Å². The van der Waals surface area contributed by atoms with Crippen LogP contribution < -0.4 is 10.1 Å². The SMILES string of the molecule is C=C(O)c1cnn2c1NC(c1ccccc1OC)CC2C(F)(F)F. The van der Waals surface area contributed by atoms with Crippen LogP contribution in [0.2, 0.25) is 0 Å². The van der Waals surface area contributed by atoms with E-state index < -0.39 is 18.3 Å². The van der Waals surface area contributed by atoms with Crippen LogP contribution in [0.5, 0.6) is 5.75 Å². The van der Waals surface area contributed by atoms with Crippen molar-refractivity contribution in [1.82, 2.24) is 9.78 Å². The van der Waals surface area contributed by atoms with Gasteiger partial charge in [-0.2, -0.15) is 18.3 Å². The van der Waals surface area contributed by atoms with E-state index in [0.29, 0.717) is 11.3 Å². The maximum Gasteiger partial charge on any atom is 0.410 e. The molecule has 8 heteroatoms. The van der Waals surface area contributed by atoms with Gasteiger partial charge in [-0.1, -0.05) is 24.8 Å². The summed E-state index contributed by atoms with van der Waals surface area (Å²) in [6.45, 7) is 3.38. The molecule has 1 aromatic carbocycles. The summed E-state index contributed by atoms with van der Waals surface area (Å²) in [6, 6.07) is 4.44. The van der Waals surface area contributed by atoms with Gasteiger partial charge in [0.05, 0.1) is 24.9 Å². The Morgan fingerprint density at radius 2 is 2.12 bits per heavy atom. The van der Waals surface area contributed by atoms with E-state index in [1.54, 1.807) is 24.3 Å². The molecule has 128 valence electrons. The van der Waals surface area contributed by atoms with Crippen LogP contribution in [0, 0.1) is 0 Å². The Morgan fingerprint density at radius 3 is 2.75 bits per heavy atom. The van der Waals surface area contributed by atoms with E-state index in [9.17, 15) is 18.3 Å². The maximum absolute atomic E-state index is 13.5. The van der Waals surface area contributed by atoms with Crippen LogP contribution in [0.4, 0.5) is 19.0 Å². The third-order valence-corrected chi connectivity index (χ3v) is 4.06. The number of alkyl halides is 3. The number of nitrogens with one attached hydrogen (secondary N) is 1. The first-order chi connectivity index (χ1) is 11.3. The number of para-hydroxylation sites is 1. The molecule has 5 nitrogen and oxygen atoms in total. The zero-order valence-corrected chi connectivity index (χ0v) is 12.8. The molecule has 0 bridgehead atoms. The Hall–Kier alpha value is -2.64. The molecular formula is C16H16F3N3O2. The number of aliphatic hydroxyl groups excluding tert-OH is 1. The number of aromatic nitrogens is 2. The van der Waals surface area contributed by atoms with Gasteiger partial charge in [-0.05, 0) is 6.07 Å². The minimum Gasteiger partial charge on any atom is -0.508 e. The number of fused-ring (bicyclic) bond motifs is 1. The van der Waals surface area contributed by atoms with Crippen molar-refractivity contribution in [1.29, 1.82) is 0 Å². The first-order valence-corrected chi connectivity index (χ1v) is 7.25. The minimum atomic E-state index is -4.48. The molecule has 1 aliphatic rings. The second-order valence-electron chi connectivity index (χ2n) is 5.53. The van der Waals surface area contributed by atoms with Crippen LogP contribution in [-0.2, 0) is 0 Å². The van der Waals surface area contributed by atoms with E-state index in [0.717, 1.165) is 4.68 Å². The highest BCUT2D eigenvalue weighted by Crippen LogP contribution is 2.46.